The van der Waals surface area contributed by atoms with Gasteiger partial charge < -0.3 is 0 Å². The first-order valence-corrected chi connectivity index (χ1v) is 11.2. The summed E-state index contributed by atoms with van der Waals surface area (Å²) in [6.07, 6.45) is 14.3. The first kappa shape index (κ1) is 21.9. The van der Waals surface area contributed by atoms with Crippen LogP contribution in [0.4, 0.5) is 4.39 Å². The van der Waals surface area contributed by atoms with E-state index in [0.717, 1.165) is 38.5 Å². The van der Waals surface area contributed by atoms with E-state index in [9.17, 15) is 12.8 Å². The predicted molar refractivity (Wildman–Crippen MR) is 104 cm³/mol. The fourth-order valence-corrected chi connectivity index (χ4v) is 4.52. The molecule has 0 saturated heterocycles. The zero-order valence-electron chi connectivity index (χ0n) is 15.7. The lowest BCUT2D eigenvalue weighted by Crippen LogP contribution is -2.19. The van der Waals surface area contributed by atoms with Crippen LogP contribution in [0.5, 0.6) is 0 Å². The number of rotatable bonds is 13. The third kappa shape index (κ3) is 8.17. The fourth-order valence-electron chi connectivity index (χ4n) is 2.86. The van der Waals surface area contributed by atoms with E-state index >= 15 is 0 Å². The molecule has 0 spiro atoms. The molecule has 2 nitrogen and oxygen atoms in total. The van der Waals surface area contributed by atoms with E-state index in [4.69, 9.17) is 0 Å². The van der Waals surface area contributed by atoms with Crippen LogP contribution in [0.1, 0.15) is 78.1 Å². The number of hydrogen-bond donors (Lipinski definition) is 0. The first-order valence-electron chi connectivity index (χ1n) is 9.68. The van der Waals surface area contributed by atoms with E-state index in [2.05, 4.69) is 13.8 Å². The topological polar surface area (TPSA) is 34.1 Å². The molecule has 4 heteroatoms. The maximum atomic E-state index is 13.1. The van der Waals surface area contributed by atoms with Crippen molar-refractivity contribution in [1.29, 1.82) is 0 Å². The first-order chi connectivity index (χ1) is 12.0. The Labute approximate surface area is 153 Å². The maximum Gasteiger partial charge on any atom is 0.184 e. The van der Waals surface area contributed by atoms with Gasteiger partial charge in [-0.25, -0.2) is 12.8 Å². The second kappa shape index (κ2) is 12.2. The van der Waals surface area contributed by atoms with Crippen molar-refractivity contribution >= 4 is 9.84 Å². The van der Waals surface area contributed by atoms with Gasteiger partial charge in [-0.3, -0.25) is 0 Å². The highest BCUT2D eigenvalue weighted by atomic mass is 32.2. The van der Waals surface area contributed by atoms with Crippen molar-refractivity contribution in [2.75, 3.05) is 0 Å². The number of sulfone groups is 1. The van der Waals surface area contributed by atoms with Gasteiger partial charge in [-0.15, -0.1) is 0 Å². The van der Waals surface area contributed by atoms with Gasteiger partial charge in [-0.05, 0) is 43.5 Å². The molecule has 0 aliphatic rings. The second-order valence-electron chi connectivity index (χ2n) is 6.66. The Kier molecular flexibility index (Phi) is 10.7. The van der Waals surface area contributed by atoms with E-state index in [0.29, 0.717) is 6.42 Å². The molecule has 1 aromatic carbocycles. The molecule has 0 bridgehead atoms. The average molecular weight is 369 g/mol. The monoisotopic (exact) mass is 368 g/mol. The molecule has 0 fully saturated rings. The zero-order valence-corrected chi connectivity index (χ0v) is 16.5. The minimum absolute atomic E-state index is 0.213. The van der Waals surface area contributed by atoms with Crippen LogP contribution in [0.2, 0.25) is 0 Å². The summed E-state index contributed by atoms with van der Waals surface area (Å²) in [6.45, 7) is 4.32. The molecule has 1 unspecified atom stereocenters. The molecule has 0 aliphatic heterocycles. The summed E-state index contributed by atoms with van der Waals surface area (Å²) < 4.78 is 38.9. The molecule has 0 heterocycles. The second-order valence-corrected chi connectivity index (χ2v) is 8.83. The lowest BCUT2D eigenvalue weighted by molar-refractivity contribution is 0.571. The van der Waals surface area contributed by atoms with Crippen LogP contribution in [0.15, 0.2) is 41.3 Å². The van der Waals surface area contributed by atoms with Crippen LogP contribution in [-0.4, -0.2) is 13.7 Å². The van der Waals surface area contributed by atoms with Gasteiger partial charge in [0.1, 0.15) is 5.82 Å². The maximum absolute atomic E-state index is 13.1. The Morgan fingerprint density at radius 3 is 2.12 bits per heavy atom. The third-order valence-electron chi connectivity index (χ3n) is 4.46. The van der Waals surface area contributed by atoms with E-state index in [-0.39, 0.29) is 4.90 Å². The number of allylic oxidation sites excluding steroid dienone is 1. The molecule has 0 amide bonds. The smallest absolute Gasteiger partial charge is 0.184 e. The Bertz CT molecular complexity index is 591. The highest BCUT2D eigenvalue weighted by Crippen LogP contribution is 2.22. The van der Waals surface area contributed by atoms with Crippen molar-refractivity contribution in [3.63, 3.8) is 0 Å². The summed E-state index contributed by atoms with van der Waals surface area (Å²) in [5.41, 5.74) is 0. The molecular formula is C21H33FO2S. The van der Waals surface area contributed by atoms with Crippen molar-refractivity contribution in [3.8, 4) is 0 Å². The highest BCUT2D eigenvalue weighted by Gasteiger charge is 2.24. The predicted octanol–water partition coefficient (Wildman–Crippen LogP) is 6.47. The molecular weight excluding hydrogens is 335 g/mol. The van der Waals surface area contributed by atoms with Crippen LogP contribution >= 0.6 is 0 Å². The van der Waals surface area contributed by atoms with Crippen molar-refractivity contribution in [1.82, 2.24) is 0 Å². The van der Waals surface area contributed by atoms with Crippen molar-refractivity contribution < 1.29 is 12.8 Å². The van der Waals surface area contributed by atoms with Gasteiger partial charge >= 0.3 is 0 Å². The third-order valence-corrected chi connectivity index (χ3v) is 6.58. The van der Waals surface area contributed by atoms with E-state index in [1.165, 1.54) is 43.5 Å². The summed E-state index contributed by atoms with van der Waals surface area (Å²) in [5, 5.41) is -0.513. The van der Waals surface area contributed by atoms with Gasteiger partial charge in [0.05, 0.1) is 10.1 Å². The Hall–Kier alpha value is -1.16. The normalized spacial score (nSPS) is 13.4. The van der Waals surface area contributed by atoms with E-state index in [1.54, 1.807) is 0 Å². The molecule has 142 valence electrons. The van der Waals surface area contributed by atoms with Gasteiger partial charge in [0.25, 0.3) is 0 Å². The van der Waals surface area contributed by atoms with Gasteiger partial charge in [0.2, 0.25) is 0 Å². The number of unbranched alkanes of at least 4 members (excludes halogenated alkanes) is 7. The van der Waals surface area contributed by atoms with Crippen LogP contribution in [0.25, 0.3) is 0 Å². The molecule has 0 radical (unpaired) electrons. The zero-order chi connectivity index (χ0) is 18.5. The molecule has 1 atom stereocenters. The number of benzene rings is 1. The number of hydrogen-bond acceptors (Lipinski definition) is 2. The van der Waals surface area contributed by atoms with Gasteiger partial charge in [0.15, 0.2) is 9.84 Å². The minimum Gasteiger partial charge on any atom is -0.223 e. The standard InChI is InChI=1S/C21H33FO2S/c1-3-5-7-9-10-12-14-20(13-11-8-6-4-2)25(23,24)21-17-15-19(22)16-18-21/h12,14-18,20H,3-11,13H2,1-2H3/b14-12-. The largest absolute Gasteiger partial charge is 0.223 e. The molecule has 1 rings (SSSR count). The average Bonchev–Trinajstić information content (AvgIpc) is 2.60. The summed E-state index contributed by atoms with van der Waals surface area (Å²) in [5.74, 6) is -0.412. The highest BCUT2D eigenvalue weighted by molar-refractivity contribution is 7.92. The van der Waals surface area contributed by atoms with Gasteiger partial charge in [-0.1, -0.05) is 70.9 Å². The fraction of sp³-hybridized carbons (Fsp3) is 0.619. The van der Waals surface area contributed by atoms with Gasteiger partial charge in [0, 0.05) is 0 Å². The SMILES string of the molecule is CCCCCC/C=C\C(CCCCCC)S(=O)(=O)c1ccc(F)cc1. The Morgan fingerprint density at radius 2 is 1.52 bits per heavy atom. The minimum atomic E-state index is -3.46. The van der Waals surface area contributed by atoms with E-state index in [1.807, 2.05) is 12.2 Å². The number of halogens is 1. The summed E-state index contributed by atoms with van der Waals surface area (Å²) in [4.78, 5) is 0.213. The van der Waals surface area contributed by atoms with Crippen LogP contribution in [0.3, 0.4) is 0 Å². The summed E-state index contributed by atoms with van der Waals surface area (Å²) in [6, 6.07) is 5.18. The van der Waals surface area contributed by atoms with Crippen LogP contribution < -0.4 is 0 Å². The summed E-state index contributed by atoms with van der Waals surface area (Å²) in [7, 11) is -3.46. The van der Waals surface area contributed by atoms with Crippen molar-refractivity contribution in [2.24, 2.45) is 0 Å². The summed E-state index contributed by atoms with van der Waals surface area (Å²) >= 11 is 0. The van der Waals surface area contributed by atoms with Crippen LogP contribution in [-0.2, 0) is 9.84 Å². The molecule has 25 heavy (non-hydrogen) atoms. The lowest BCUT2D eigenvalue weighted by Gasteiger charge is -2.14. The van der Waals surface area contributed by atoms with Crippen LogP contribution in [0, 0.1) is 5.82 Å². The Balaban J connectivity index is 2.77. The van der Waals surface area contributed by atoms with Gasteiger partial charge in [-0.2, -0.15) is 0 Å². The molecule has 0 aromatic heterocycles. The van der Waals surface area contributed by atoms with E-state index < -0.39 is 20.9 Å². The Morgan fingerprint density at radius 1 is 0.920 bits per heavy atom. The molecule has 0 N–H and O–H groups in total. The van der Waals surface area contributed by atoms with Crippen molar-refractivity contribution in [3.05, 3.63) is 42.2 Å². The molecule has 0 saturated carbocycles. The lowest BCUT2D eigenvalue weighted by atomic mass is 10.1. The molecule has 0 aliphatic carbocycles. The molecule has 1 aromatic rings. The van der Waals surface area contributed by atoms with Crippen molar-refractivity contribution in [2.45, 2.75) is 88.2 Å². The quantitative estimate of drug-likeness (QED) is 0.227.